The van der Waals surface area contributed by atoms with E-state index in [1.54, 1.807) is 34.0 Å². The first-order valence-electron chi connectivity index (χ1n) is 13.9. The summed E-state index contributed by atoms with van der Waals surface area (Å²) in [5.74, 6) is 0.684. The molecule has 3 aromatic carbocycles. The lowest BCUT2D eigenvalue weighted by atomic mass is 10.1. The Kier molecular flexibility index (Phi) is 6.23. The van der Waals surface area contributed by atoms with Crippen molar-refractivity contribution < 1.29 is 9.59 Å². The van der Waals surface area contributed by atoms with Crippen molar-refractivity contribution in [3.05, 3.63) is 113 Å². The molecule has 1 aliphatic heterocycles. The highest BCUT2D eigenvalue weighted by Crippen LogP contribution is 2.39. The molecule has 0 bridgehead atoms. The molecule has 0 radical (unpaired) electrons. The number of anilines is 4. The summed E-state index contributed by atoms with van der Waals surface area (Å²) in [7, 11) is 1.89. The number of aromatic amines is 1. The van der Waals surface area contributed by atoms with Crippen molar-refractivity contribution >= 4 is 45.9 Å². The molecule has 4 heterocycles. The molecule has 0 saturated carbocycles. The Hall–Kier alpha value is -5.77. The Morgan fingerprint density at radius 3 is 2.60 bits per heavy atom. The SMILES string of the molecule is Cc1cnc(Nc2cc(C)n(C)n2)nc1-c1c[nH]c2c(N3Cc4cccc(NC(=O)c5ccccc5)c4C3=O)cccc12. The summed E-state index contributed by atoms with van der Waals surface area (Å²) in [6, 6.07) is 22.3. The molecule has 0 aliphatic carbocycles. The largest absolute Gasteiger partial charge is 0.359 e. The molecule has 0 atom stereocenters. The highest BCUT2D eigenvalue weighted by Gasteiger charge is 2.33. The van der Waals surface area contributed by atoms with Gasteiger partial charge in [0.05, 0.1) is 34.7 Å². The average Bonchev–Trinajstić information content (AvgIpc) is 3.69. The topological polar surface area (TPSA) is 121 Å². The van der Waals surface area contributed by atoms with Gasteiger partial charge in [0.15, 0.2) is 5.82 Å². The van der Waals surface area contributed by atoms with Gasteiger partial charge >= 0.3 is 0 Å². The van der Waals surface area contributed by atoms with Crippen LogP contribution in [0.25, 0.3) is 22.2 Å². The van der Waals surface area contributed by atoms with Crippen LogP contribution < -0.4 is 15.5 Å². The van der Waals surface area contributed by atoms with Gasteiger partial charge in [0.2, 0.25) is 5.95 Å². The van der Waals surface area contributed by atoms with Crippen LogP contribution in [0.5, 0.6) is 0 Å². The number of nitrogens with one attached hydrogen (secondary N) is 3. The Bertz CT molecular complexity index is 2020. The molecule has 6 aromatic rings. The summed E-state index contributed by atoms with van der Waals surface area (Å²) in [6.07, 6.45) is 3.70. The molecule has 212 valence electrons. The van der Waals surface area contributed by atoms with Crippen LogP contribution in [-0.4, -0.2) is 36.5 Å². The van der Waals surface area contributed by atoms with E-state index < -0.39 is 0 Å². The third-order valence-electron chi connectivity index (χ3n) is 7.79. The maximum Gasteiger partial charge on any atom is 0.261 e. The fourth-order valence-electron chi connectivity index (χ4n) is 5.51. The molecule has 0 spiro atoms. The Balaban J connectivity index is 1.21. The third kappa shape index (κ3) is 4.58. The van der Waals surface area contributed by atoms with Crippen LogP contribution in [0.2, 0.25) is 0 Å². The van der Waals surface area contributed by atoms with Gasteiger partial charge in [-0.2, -0.15) is 5.10 Å². The molecule has 3 aromatic heterocycles. The van der Waals surface area contributed by atoms with Crippen molar-refractivity contribution in [1.82, 2.24) is 24.7 Å². The van der Waals surface area contributed by atoms with Gasteiger partial charge in [-0.15, -0.1) is 0 Å². The van der Waals surface area contributed by atoms with E-state index in [0.29, 0.717) is 35.1 Å². The predicted molar refractivity (Wildman–Crippen MR) is 167 cm³/mol. The first kappa shape index (κ1) is 26.1. The number of hydrogen-bond acceptors (Lipinski definition) is 6. The minimum Gasteiger partial charge on any atom is -0.359 e. The van der Waals surface area contributed by atoms with Gasteiger partial charge < -0.3 is 20.5 Å². The van der Waals surface area contributed by atoms with E-state index in [2.05, 4.69) is 25.7 Å². The fourth-order valence-corrected chi connectivity index (χ4v) is 5.51. The second-order valence-corrected chi connectivity index (χ2v) is 10.6. The first-order chi connectivity index (χ1) is 20.9. The number of benzene rings is 3. The molecule has 0 fully saturated rings. The third-order valence-corrected chi connectivity index (χ3v) is 7.79. The lowest BCUT2D eigenvalue weighted by Gasteiger charge is -2.17. The molecular weight excluding hydrogens is 540 g/mol. The van der Waals surface area contributed by atoms with Gasteiger partial charge in [-0.05, 0) is 49.2 Å². The first-order valence-corrected chi connectivity index (χ1v) is 13.9. The summed E-state index contributed by atoms with van der Waals surface area (Å²) < 4.78 is 1.79. The van der Waals surface area contributed by atoms with Crippen LogP contribution in [0.15, 0.2) is 85.2 Å². The Labute approximate surface area is 247 Å². The van der Waals surface area contributed by atoms with Crippen LogP contribution in [-0.2, 0) is 13.6 Å². The summed E-state index contributed by atoms with van der Waals surface area (Å²) >= 11 is 0. The number of amides is 2. The van der Waals surface area contributed by atoms with Gasteiger partial charge in [-0.1, -0.05) is 42.5 Å². The molecular formula is C33H28N8O2. The number of carbonyl (C=O) groups excluding carboxylic acids is 2. The van der Waals surface area contributed by atoms with E-state index >= 15 is 0 Å². The molecule has 0 unspecified atom stereocenters. The number of aryl methyl sites for hydroxylation is 3. The van der Waals surface area contributed by atoms with Crippen LogP contribution in [0.1, 0.15) is 37.5 Å². The van der Waals surface area contributed by atoms with Gasteiger partial charge in [0, 0.05) is 47.7 Å². The maximum atomic E-state index is 13.9. The molecule has 7 rings (SSSR count). The summed E-state index contributed by atoms with van der Waals surface area (Å²) in [4.78, 5) is 41.2. The number of carbonyl (C=O) groups is 2. The minimum atomic E-state index is -0.261. The minimum absolute atomic E-state index is 0.169. The van der Waals surface area contributed by atoms with Gasteiger partial charge in [-0.25, -0.2) is 9.97 Å². The number of para-hydroxylation sites is 1. The smallest absolute Gasteiger partial charge is 0.261 e. The van der Waals surface area contributed by atoms with E-state index in [4.69, 9.17) is 4.98 Å². The fraction of sp³-hybridized carbons (Fsp3) is 0.121. The normalized spacial score (nSPS) is 12.5. The second kappa shape index (κ2) is 10.3. The van der Waals surface area contributed by atoms with Gasteiger partial charge in [0.1, 0.15) is 0 Å². The van der Waals surface area contributed by atoms with Gasteiger partial charge in [0.25, 0.3) is 11.8 Å². The van der Waals surface area contributed by atoms with E-state index in [1.807, 2.05) is 81.7 Å². The van der Waals surface area contributed by atoms with Crippen molar-refractivity contribution in [3.63, 3.8) is 0 Å². The molecule has 1 aliphatic rings. The number of H-pyrrole nitrogens is 1. The Morgan fingerprint density at radius 1 is 1.00 bits per heavy atom. The summed E-state index contributed by atoms with van der Waals surface area (Å²) in [5, 5.41) is 11.5. The van der Waals surface area contributed by atoms with Crippen LogP contribution in [0, 0.1) is 13.8 Å². The van der Waals surface area contributed by atoms with E-state index in [1.165, 1.54) is 0 Å². The Morgan fingerprint density at radius 2 is 1.81 bits per heavy atom. The van der Waals surface area contributed by atoms with Crippen molar-refractivity contribution in [3.8, 4) is 11.3 Å². The highest BCUT2D eigenvalue weighted by molar-refractivity contribution is 6.18. The highest BCUT2D eigenvalue weighted by atomic mass is 16.2. The van der Waals surface area contributed by atoms with Crippen LogP contribution in [0.4, 0.5) is 23.1 Å². The summed E-state index contributed by atoms with van der Waals surface area (Å²) in [6.45, 7) is 4.34. The lowest BCUT2D eigenvalue weighted by molar-refractivity contribution is 0.0997. The molecule has 10 heteroatoms. The second-order valence-electron chi connectivity index (χ2n) is 10.6. The number of hydrogen-bond donors (Lipinski definition) is 3. The number of nitrogens with zero attached hydrogens (tertiary/aromatic N) is 5. The number of aromatic nitrogens is 5. The standard InChI is InChI=1S/C33H28N8O2/c1-19-16-35-33(37-27-15-20(2)40(3)39-27)38-29(19)24-17-34-30-23(24)12-8-14-26(30)41-18-22-11-7-13-25(28(22)32(41)43)36-31(42)21-9-5-4-6-10-21/h4-17,34H,18H2,1-3H3,(H,36,42)(H,35,37,38,39). The predicted octanol–water partition coefficient (Wildman–Crippen LogP) is 6.13. The number of rotatable bonds is 6. The zero-order valence-electron chi connectivity index (χ0n) is 23.8. The van der Waals surface area contributed by atoms with E-state index in [-0.39, 0.29) is 11.8 Å². The quantitative estimate of drug-likeness (QED) is 0.222. The van der Waals surface area contributed by atoms with Crippen molar-refractivity contribution in [1.29, 1.82) is 0 Å². The lowest BCUT2D eigenvalue weighted by Crippen LogP contribution is -2.24. The summed E-state index contributed by atoms with van der Waals surface area (Å²) in [5.41, 5.74) is 7.56. The number of fused-ring (bicyclic) bond motifs is 2. The van der Waals surface area contributed by atoms with E-state index in [9.17, 15) is 9.59 Å². The average molecular weight is 569 g/mol. The molecule has 2 amide bonds. The zero-order valence-corrected chi connectivity index (χ0v) is 23.8. The van der Waals surface area contributed by atoms with Crippen molar-refractivity contribution in [2.45, 2.75) is 20.4 Å². The zero-order chi connectivity index (χ0) is 29.7. The van der Waals surface area contributed by atoms with Crippen LogP contribution in [0.3, 0.4) is 0 Å². The van der Waals surface area contributed by atoms with Crippen molar-refractivity contribution in [2.75, 3.05) is 15.5 Å². The van der Waals surface area contributed by atoms with Crippen molar-refractivity contribution in [2.24, 2.45) is 7.05 Å². The van der Waals surface area contributed by atoms with Gasteiger partial charge in [-0.3, -0.25) is 14.3 Å². The molecule has 3 N–H and O–H groups in total. The molecule has 10 nitrogen and oxygen atoms in total. The van der Waals surface area contributed by atoms with Crippen LogP contribution >= 0.6 is 0 Å². The maximum absolute atomic E-state index is 13.9. The molecule has 43 heavy (non-hydrogen) atoms. The monoisotopic (exact) mass is 568 g/mol. The van der Waals surface area contributed by atoms with E-state index in [0.717, 1.165) is 44.7 Å². The molecule has 0 saturated heterocycles.